The molecule has 4 unspecified atom stereocenters. The number of hydrogen-bond donors (Lipinski definition) is 2. The first kappa shape index (κ1) is 31.9. The van der Waals surface area contributed by atoms with E-state index in [1.54, 1.807) is 0 Å². The molecule has 0 bridgehead atoms. The highest BCUT2D eigenvalue weighted by atomic mass is 16.7. The number of rotatable bonds is 10. The second kappa shape index (κ2) is 15.0. The zero-order valence-corrected chi connectivity index (χ0v) is 25.9. The Hall–Kier alpha value is -4.09. The molecule has 2 N–H and O–H groups in total. The number of amides is 3. The average Bonchev–Trinajstić information content (AvgIpc) is 3.35. The molecule has 3 fully saturated rings. The quantitative estimate of drug-likeness (QED) is 0.309. The summed E-state index contributed by atoms with van der Waals surface area (Å²) in [5.74, 6) is -0.808. The Kier molecular flexibility index (Phi) is 10.4. The minimum absolute atomic E-state index is 0.00540. The molecule has 0 radical (unpaired) electrons. The van der Waals surface area contributed by atoms with E-state index in [9.17, 15) is 19.5 Å². The van der Waals surface area contributed by atoms with Crippen LogP contribution in [0.4, 0.5) is 4.79 Å². The van der Waals surface area contributed by atoms with Crippen LogP contribution in [-0.2, 0) is 43.6 Å². The number of carbonyl (C=O) groups excluding carboxylic acids is 3. The van der Waals surface area contributed by atoms with Crippen LogP contribution in [0, 0.1) is 0 Å². The summed E-state index contributed by atoms with van der Waals surface area (Å²) in [6.45, 7) is 3.16. The van der Waals surface area contributed by atoms with Gasteiger partial charge in [-0.3, -0.25) is 14.5 Å². The van der Waals surface area contributed by atoms with Crippen LogP contribution in [0.5, 0.6) is 0 Å². The molecule has 10 heteroatoms. The maximum absolute atomic E-state index is 13.0. The van der Waals surface area contributed by atoms with Gasteiger partial charge in [-0.25, -0.2) is 4.79 Å². The molecule has 0 aliphatic carbocycles. The van der Waals surface area contributed by atoms with E-state index >= 15 is 0 Å². The second-order valence-electron chi connectivity index (χ2n) is 12.2. The molecule has 3 amide bonds. The number of likely N-dealkylation sites (tertiary alicyclic amines) is 2. The van der Waals surface area contributed by atoms with E-state index < -0.39 is 24.3 Å². The van der Waals surface area contributed by atoms with Crippen LogP contribution in [0.1, 0.15) is 72.3 Å². The highest BCUT2D eigenvalue weighted by Crippen LogP contribution is 2.38. The fraction of sp³-hybridized carbons (Fsp3) is 0.417. The van der Waals surface area contributed by atoms with Gasteiger partial charge in [0.2, 0.25) is 5.91 Å². The predicted octanol–water partition coefficient (Wildman–Crippen LogP) is 4.76. The summed E-state index contributed by atoms with van der Waals surface area (Å²) in [5, 5.41) is 12.0. The summed E-state index contributed by atoms with van der Waals surface area (Å²) in [6.07, 6.45) is 2.81. The highest BCUT2D eigenvalue weighted by Gasteiger charge is 2.40. The van der Waals surface area contributed by atoms with Crippen LogP contribution < -0.4 is 5.32 Å². The molecule has 3 aromatic carbocycles. The zero-order valence-electron chi connectivity index (χ0n) is 25.9. The van der Waals surface area contributed by atoms with Crippen molar-refractivity contribution in [2.75, 3.05) is 19.6 Å². The molecule has 0 saturated carbocycles. The lowest BCUT2D eigenvalue weighted by atomic mass is 9.99. The topological polar surface area (TPSA) is 118 Å². The number of carbonyl (C=O) groups is 3. The van der Waals surface area contributed by atoms with Crippen molar-refractivity contribution in [3.63, 3.8) is 0 Å². The van der Waals surface area contributed by atoms with E-state index in [1.165, 1.54) is 24.2 Å². The molecule has 46 heavy (non-hydrogen) atoms. The Morgan fingerprint density at radius 3 is 2.26 bits per heavy atom. The molecule has 10 nitrogen and oxygen atoms in total. The van der Waals surface area contributed by atoms with Crippen molar-refractivity contribution in [2.24, 2.45) is 0 Å². The van der Waals surface area contributed by atoms with Crippen LogP contribution in [0.15, 0.2) is 78.9 Å². The van der Waals surface area contributed by atoms with Crippen molar-refractivity contribution in [3.05, 3.63) is 107 Å². The van der Waals surface area contributed by atoms with E-state index in [4.69, 9.17) is 14.2 Å². The van der Waals surface area contributed by atoms with Gasteiger partial charge < -0.3 is 29.5 Å². The van der Waals surface area contributed by atoms with Crippen molar-refractivity contribution in [1.29, 1.82) is 0 Å². The molecular formula is C36H41N3O7. The molecule has 3 aromatic rings. The SMILES string of the molecule is O=C(NC1CC(=O)N(Cc2ccc(C3OC(CN4CCCCC4)CC(c4ccc(CO)cc4)O3)cc2)C1=O)OCc1ccccc1. The van der Waals surface area contributed by atoms with E-state index in [2.05, 4.69) is 10.2 Å². The number of nitrogens with zero attached hydrogens (tertiary/aromatic N) is 2. The predicted molar refractivity (Wildman–Crippen MR) is 169 cm³/mol. The van der Waals surface area contributed by atoms with Crippen LogP contribution in [0.25, 0.3) is 0 Å². The number of alkyl carbamates (subject to hydrolysis) is 1. The number of piperidine rings is 1. The summed E-state index contributed by atoms with van der Waals surface area (Å²) in [6, 6.07) is 23.7. The molecule has 0 aromatic heterocycles. The van der Waals surface area contributed by atoms with Gasteiger partial charge in [0.1, 0.15) is 12.6 Å². The number of benzene rings is 3. The number of imide groups is 1. The molecule has 3 aliphatic heterocycles. The number of ether oxygens (including phenoxy) is 3. The number of aliphatic hydroxyl groups excluding tert-OH is 1. The minimum Gasteiger partial charge on any atom is -0.445 e. The van der Waals surface area contributed by atoms with E-state index in [-0.39, 0.29) is 44.3 Å². The second-order valence-corrected chi connectivity index (χ2v) is 12.2. The minimum atomic E-state index is -0.959. The van der Waals surface area contributed by atoms with E-state index in [0.29, 0.717) is 0 Å². The third-order valence-electron chi connectivity index (χ3n) is 8.87. The van der Waals surface area contributed by atoms with Gasteiger partial charge in [0.05, 0.1) is 31.8 Å². The Labute approximate surface area is 269 Å². The van der Waals surface area contributed by atoms with Crippen molar-refractivity contribution >= 4 is 17.9 Å². The first-order valence-corrected chi connectivity index (χ1v) is 16.1. The van der Waals surface area contributed by atoms with Crippen LogP contribution >= 0.6 is 0 Å². The number of nitrogens with one attached hydrogen (secondary N) is 1. The monoisotopic (exact) mass is 627 g/mol. The lowest BCUT2D eigenvalue weighted by Gasteiger charge is -2.39. The highest BCUT2D eigenvalue weighted by molar-refractivity contribution is 6.06. The summed E-state index contributed by atoms with van der Waals surface area (Å²) < 4.78 is 18.2. The van der Waals surface area contributed by atoms with Gasteiger partial charge >= 0.3 is 6.09 Å². The van der Waals surface area contributed by atoms with Gasteiger partial charge in [0.25, 0.3) is 5.91 Å². The third-order valence-corrected chi connectivity index (χ3v) is 8.87. The smallest absolute Gasteiger partial charge is 0.408 e. The van der Waals surface area contributed by atoms with Crippen LogP contribution in [0.2, 0.25) is 0 Å². The maximum Gasteiger partial charge on any atom is 0.408 e. The molecule has 6 rings (SSSR count). The number of aliphatic hydroxyl groups is 1. The molecule has 3 aliphatic rings. The molecule has 3 heterocycles. The molecule has 242 valence electrons. The van der Waals surface area contributed by atoms with E-state index in [0.717, 1.165) is 53.9 Å². The number of hydrogen-bond acceptors (Lipinski definition) is 8. The van der Waals surface area contributed by atoms with Crippen LogP contribution in [-0.4, -0.2) is 64.6 Å². The normalized spacial score (nSPS) is 23.8. The fourth-order valence-corrected chi connectivity index (χ4v) is 6.29. The van der Waals surface area contributed by atoms with Crippen molar-refractivity contribution < 1.29 is 33.7 Å². The van der Waals surface area contributed by atoms with Gasteiger partial charge in [-0.2, -0.15) is 0 Å². The summed E-state index contributed by atoms with van der Waals surface area (Å²) in [4.78, 5) is 41.7. The maximum atomic E-state index is 13.0. The summed E-state index contributed by atoms with van der Waals surface area (Å²) >= 11 is 0. The Balaban J connectivity index is 1.08. The van der Waals surface area contributed by atoms with E-state index in [1.807, 2.05) is 78.9 Å². The molecule has 0 spiro atoms. The Bertz CT molecular complexity index is 1480. The van der Waals surface area contributed by atoms with Crippen molar-refractivity contribution in [3.8, 4) is 0 Å². The molecular weight excluding hydrogens is 586 g/mol. The Morgan fingerprint density at radius 2 is 1.54 bits per heavy atom. The lowest BCUT2D eigenvalue weighted by Crippen LogP contribution is -2.41. The third kappa shape index (κ3) is 8.00. The average molecular weight is 628 g/mol. The van der Waals surface area contributed by atoms with Crippen LogP contribution in [0.3, 0.4) is 0 Å². The molecule has 4 atom stereocenters. The van der Waals surface area contributed by atoms with Gasteiger partial charge in [-0.1, -0.05) is 85.3 Å². The van der Waals surface area contributed by atoms with Gasteiger partial charge in [-0.15, -0.1) is 0 Å². The summed E-state index contributed by atoms with van der Waals surface area (Å²) in [7, 11) is 0. The summed E-state index contributed by atoms with van der Waals surface area (Å²) in [5.41, 5.74) is 4.35. The standard InChI is InChI=1S/C36H41N3O7/c40-23-26-11-13-28(14-12-26)32-19-30(22-38-17-5-2-6-18-38)45-35(46-32)29-15-9-25(10-16-29)21-39-33(41)20-31(34(39)42)37-36(43)44-24-27-7-3-1-4-8-27/h1,3-4,7-16,30-32,35,40H,2,5-6,17-24H2,(H,37,43). The van der Waals surface area contributed by atoms with Crippen molar-refractivity contribution in [1.82, 2.24) is 15.1 Å². The lowest BCUT2D eigenvalue weighted by molar-refractivity contribution is -0.253. The fourth-order valence-electron chi connectivity index (χ4n) is 6.29. The first-order valence-electron chi connectivity index (χ1n) is 16.1. The zero-order chi connectivity index (χ0) is 31.9. The van der Waals surface area contributed by atoms with Gasteiger partial charge in [0.15, 0.2) is 6.29 Å². The molecule has 3 saturated heterocycles. The Morgan fingerprint density at radius 1 is 0.848 bits per heavy atom. The van der Waals surface area contributed by atoms with Crippen molar-refractivity contribution in [2.45, 2.75) is 76.4 Å². The first-order chi connectivity index (χ1) is 22.4. The van der Waals surface area contributed by atoms with Gasteiger partial charge in [0, 0.05) is 18.5 Å². The van der Waals surface area contributed by atoms with Gasteiger partial charge in [-0.05, 0) is 48.2 Å². The largest absolute Gasteiger partial charge is 0.445 e.